The highest BCUT2D eigenvalue weighted by atomic mass is 31.2. The van der Waals surface area contributed by atoms with E-state index in [-0.39, 0.29) is 6.61 Å². The van der Waals surface area contributed by atoms with Gasteiger partial charge in [0.2, 0.25) is 0 Å². The Kier molecular flexibility index (Phi) is 5.69. The summed E-state index contributed by atoms with van der Waals surface area (Å²) in [5.41, 5.74) is 0.757. The highest BCUT2D eigenvalue weighted by Crippen LogP contribution is 2.36. The van der Waals surface area contributed by atoms with Gasteiger partial charge in [-0.25, -0.2) is 14.2 Å². The molecule has 0 heterocycles. The third-order valence-corrected chi connectivity index (χ3v) is 2.53. The molecule has 0 aliphatic carbocycles. The van der Waals surface area contributed by atoms with Crippen LogP contribution in [0.5, 0.6) is 0 Å². The molecular formula is C11H14NO7P. The molecule has 0 aliphatic rings. The van der Waals surface area contributed by atoms with Crippen molar-refractivity contribution in [1.82, 2.24) is 5.32 Å². The number of nitrogens with one attached hydrogen (secondary N) is 1. The zero-order valence-electron chi connectivity index (χ0n) is 10.6. The molecule has 0 saturated heterocycles. The zero-order chi connectivity index (χ0) is 15.2. The number of rotatable bonds is 5. The van der Waals surface area contributed by atoms with Gasteiger partial charge in [-0.2, -0.15) is 0 Å². The quantitative estimate of drug-likeness (QED) is 0.692. The number of hydrogen-bond donors (Lipinski definition) is 3. The first kappa shape index (κ1) is 16.2. The topological polar surface area (TPSA) is 122 Å². The Balaban J connectivity index is 2.38. The summed E-state index contributed by atoms with van der Waals surface area (Å²) in [4.78, 5) is 39.4. The van der Waals surface area contributed by atoms with E-state index in [0.717, 1.165) is 5.56 Å². The van der Waals surface area contributed by atoms with E-state index in [1.807, 2.05) is 6.07 Å². The van der Waals surface area contributed by atoms with Crippen molar-refractivity contribution in [3.63, 3.8) is 0 Å². The summed E-state index contributed by atoms with van der Waals surface area (Å²) < 4.78 is 19.1. The van der Waals surface area contributed by atoms with Crippen LogP contribution in [0.25, 0.3) is 0 Å². The first-order chi connectivity index (χ1) is 9.28. The molecule has 3 N–H and O–H groups in total. The van der Waals surface area contributed by atoms with Crippen LogP contribution in [0, 0.1) is 0 Å². The normalized spacial score (nSPS) is 12.3. The predicted molar refractivity (Wildman–Crippen MR) is 67.4 cm³/mol. The Hall–Kier alpha value is -1.89. The van der Waals surface area contributed by atoms with Crippen molar-refractivity contribution in [2.24, 2.45) is 0 Å². The van der Waals surface area contributed by atoms with E-state index < -0.39 is 25.9 Å². The minimum atomic E-state index is -4.92. The van der Waals surface area contributed by atoms with Gasteiger partial charge in [0.05, 0.1) is 0 Å². The van der Waals surface area contributed by atoms with Gasteiger partial charge in [0, 0.05) is 0 Å². The summed E-state index contributed by atoms with van der Waals surface area (Å²) >= 11 is 0. The molecular weight excluding hydrogens is 289 g/mol. The van der Waals surface area contributed by atoms with E-state index >= 15 is 0 Å². The highest BCUT2D eigenvalue weighted by molar-refractivity contribution is 7.46. The van der Waals surface area contributed by atoms with Crippen LogP contribution in [0.2, 0.25) is 0 Å². The third-order valence-electron chi connectivity index (χ3n) is 2.11. The van der Waals surface area contributed by atoms with Crippen LogP contribution in [0.1, 0.15) is 12.5 Å². The number of carbonyl (C=O) groups is 2. The maximum absolute atomic E-state index is 11.4. The third kappa shape index (κ3) is 6.33. The fourth-order valence-corrected chi connectivity index (χ4v) is 1.59. The predicted octanol–water partition coefficient (Wildman–Crippen LogP) is 0.937. The summed E-state index contributed by atoms with van der Waals surface area (Å²) in [7, 11) is -4.92. The minimum Gasteiger partial charge on any atom is -0.445 e. The Morgan fingerprint density at radius 1 is 1.30 bits per heavy atom. The lowest BCUT2D eigenvalue weighted by Crippen LogP contribution is -2.39. The van der Waals surface area contributed by atoms with E-state index in [9.17, 15) is 14.2 Å². The summed E-state index contributed by atoms with van der Waals surface area (Å²) in [5.74, 6) is -1.25. The van der Waals surface area contributed by atoms with Gasteiger partial charge < -0.3 is 14.6 Å². The van der Waals surface area contributed by atoms with Crippen molar-refractivity contribution < 1.29 is 33.2 Å². The lowest BCUT2D eigenvalue weighted by Gasteiger charge is -2.13. The van der Waals surface area contributed by atoms with Gasteiger partial charge in [0.1, 0.15) is 12.6 Å². The molecule has 8 nitrogen and oxygen atoms in total. The van der Waals surface area contributed by atoms with Gasteiger partial charge in [-0.15, -0.1) is 0 Å². The van der Waals surface area contributed by atoms with E-state index in [1.165, 1.54) is 6.92 Å². The molecule has 1 atom stereocenters. The molecule has 0 fully saturated rings. The van der Waals surface area contributed by atoms with E-state index in [1.54, 1.807) is 24.3 Å². The van der Waals surface area contributed by atoms with Gasteiger partial charge in [0.25, 0.3) is 0 Å². The zero-order valence-corrected chi connectivity index (χ0v) is 11.4. The number of hydrogen-bond acceptors (Lipinski definition) is 5. The molecule has 0 aliphatic heterocycles. The summed E-state index contributed by atoms with van der Waals surface area (Å²) in [5, 5.41) is 2.09. The SMILES string of the molecule is C[C@H](NC(=O)OCc1ccccc1)C(=O)OP(=O)(O)O. The number of benzene rings is 1. The van der Waals surface area contributed by atoms with Gasteiger partial charge in [-0.1, -0.05) is 30.3 Å². The van der Waals surface area contributed by atoms with Crippen molar-refractivity contribution in [2.75, 3.05) is 0 Å². The number of carbonyl (C=O) groups excluding carboxylic acids is 2. The van der Waals surface area contributed by atoms with Crippen molar-refractivity contribution in [2.45, 2.75) is 19.6 Å². The van der Waals surface area contributed by atoms with E-state index in [2.05, 4.69) is 9.84 Å². The Labute approximate surface area is 114 Å². The van der Waals surface area contributed by atoms with Crippen molar-refractivity contribution >= 4 is 19.9 Å². The lowest BCUT2D eigenvalue weighted by molar-refractivity contribution is -0.137. The average molecular weight is 303 g/mol. The number of alkyl carbamates (subject to hydrolysis) is 1. The maximum atomic E-state index is 11.4. The Morgan fingerprint density at radius 2 is 1.90 bits per heavy atom. The lowest BCUT2D eigenvalue weighted by atomic mass is 10.2. The van der Waals surface area contributed by atoms with Crippen molar-refractivity contribution in [3.05, 3.63) is 35.9 Å². The molecule has 9 heteroatoms. The molecule has 1 amide bonds. The van der Waals surface area contributed by atoms with Gasteiger partial charge in [-0.05, 0) is 12.5 Å². The van der Waals surface area contributed by atoms with Gasteiger partial charge in [0.15, 0.2) is 0 Å². The fraction of sp³-hybridized carbons (Fsp3) is 0.273. The summed E-state index contributed by atoms with van der Waals surface area (Å²) in [6, 6.07) is 7.61. The minimum absolute atomic E-state index is 0.00688. The molecule has 1 aromatic carbocycles. The summed E-state index contributed by atoms with van der Waals surface area (Å²) in [6.07, 6.45) is -0.899. The fourth-order valence-electron chi connectivity index (χ4n) is 1.20. The van der Waals surface area contributed by atoms with Crippen LogP contribution in [0.4, 0.5) is 4.79 Å². The Bertz CT molecular complexity index is 513. The molecule has 1 rings (SSSR count). The van der Waals surface area contributed by atoms with Gasteiger partial charge >= 0.3 is 19.9 Å². The number of phosphoric acid groups is 1. The standard InChI is InChI=1S/C11H14NO7P/c1-8(10(13)19-20(15,16)17)12-11(14)18-7-9-5-3-2-4-6-9/h2-6,8H,7H2,1H3,(H,12,14)(H2,15,16,17)/t8-/m0/s1. The van der Waals surface area contributed by atoms with Crippen LogP contribution >= 0.6 is 7.82 Å². The largest absolute Gasteiger partial charge is 0.527 e. The van der Waals surface area contributed by atoms with Crippen LogP contribution in [-0.4, -0.2) is 27.9 Å². The van der Waals surface area contributed by atoms with Crippen molar-refractivity contribution in [1.29, 1.82) is 0 Å². The van der Waals surface area contributed by atoms with Gasteiger partial charge in [-0.3, -0.25) is 9.79 Å². The molecule has 0 spiro atoms. The molecule has 0 bridgehead atoms. The molecule has 0 aromatic heterocycles. The number of phosphoric ester groups is 1. The van der Waals surface area contributed by atoms with Crippen LogP contribution in [-0.2, 0) is 25.2 Å². The molecule has 0 saturated carbocycles. The second kappa shape index (κ2) is 7.04. The molecule has 0 unspecified atom stereocenters. The van der Waals surface area contributed by atoms with Crippen molar-refractivity contribution in [3.8, 4) is 0 Å². The van der Waals surface area contributed by atoms with Crippen LogP contribution in [0.15, 0.2) is 30.3 Å². The number of amides is 1. The monoisotopic (exact) mass is 303 g/mol. The van der Waals surface area contributed by atoms with Crippen LogP contribution in [0.3, 0.4) is 0 Å². The molecule has 1 aromatic rings. The van der Waals surface area contributed by atoms with Crippen LogP contribution < -0.4 is 5.32 Å². The molecule has 110 valence electrons. The average Bonchev–Trinajstić information content (AvgIpc) is 2.35. The molecule has 0 radical (unpaired) electrons. The smallest absolute Gasteiger partial charge is 0.445 e. The first-order valence-corrected chi connectivity index (χ1v) is 7.07. The second-order valence-electron chi connectivity index (χ2n) is 3.83. The highest BCUT2D eigenvalue weighted by Gasteiger charge is 2.26. The van der Waals surface area contributed by atoms with E-state index in [4.69, 9.17) is 14.5 Å². The number of ether oxygens (including phenoxy) is 1. The second-order valence-corrected chi connectivity index (χ2v) is 4.99. The first-order valence-electron chi connectivity index (χ1n) is 5.54. The maximum Gasteiger partial charge on any atom is 0.527 e. The molecule has 20 heavy (non-hydrogen) atoms. The summed E-state index contributed by atoms with van der Waals surface area (Å²) in [6.45, 7) is 1.22. The Morgan fingerprint density at radius 3 is 2.45 bits per heavy atom. The van der Waals surface area contributed by atoms with E-state index in [0.29, 0.717) is 0 Å².